The fourth-order valence-corrected chi connectivity index (χ4v) is 2.55. The number of hydrogen-bond donors (Lipinski definition) is 0. The number of benzene rings is 1. The molecule has 0 unspecified atom stereocenters. The molecular weight excluding hydrogens is 222 g/mol. The topological polar surface area (TPSA) is 22.0 Å². The summed E-state index contributed by atoms with van der Waals surface area (Å²) in [6.07, 6.45) is 0. The molecule has 0 aliphatic heterocycles. The lowest BCUT2D eigenvalue weighted by atomic mass is 10.1. The van der Waals surface area contributed by atoms with Gasteiger partial charge < -0.3 is 4.57 Å². The third-order valence-electron chi connectivity index (χ3n) is 3.13. The first-order chi connectivity index (χ1) is 7.45. The summed E-state index contributed by atoms with van der Waals surface area (Å²) in [5.41, 5.74) is 3.87. The molecule has 1 aromatic carbocycles. The highest BCUT2D eigenvalue weighted by Crippen LogP contribution is 2.31. The number of halogens is 1. The van der Waals surface area contributed by atoms with Crippen molar-refractivity contribution in [1.82, 2.24) is 4.57 Å². The summed E-state index contributed by atoms with van der Waals surface area (Å²) >= 11 is 6.10. The zero-order valence-electron chi connectivity index (χ0n) is 9.89. The smallest absolute Gasteiger partial charge is 0.176 e. The maximum Gasteiger partial charge on any atom is 0.176 e. The number of hydrogen-bond acceptors (Lipinski definition) is 1. The minimum atomic E-state index is 0.0896. The molecule has 0 saturated carbocycles. The second-order valence-electron chi connectivity index (χ2n) is 4.16. The SMILES string of the molecule is CC(=O)c1c(C)c2ccc(Cl)c(C)c2n1C. The van der Waals surface area contributed by atoms with Crippen LogP contribution in [0.2, 0.25) is 5.02 Å². The van der Waals surface area contributed by atoms with Gasteiger partial charge in [-0.1, -0.05) is 17.7 Å². The molecule has 0 saturated heterocycles. The van der Waals surface area contributed by atoms with Gasteiger partial charge in [-0.3, -0.25) is 4.79 Å². The van der Waals surface area contributed by atoms with Crippen molar-refractivity contribution in [2.45, 2.75) is 20.8 Å². The number of rotatable bonds is 1. The highest BCUT2D eigenvalue weighted by Gasteiger charge is 2.17. The van der Waals surface area contributed by atoms with Crippen molar-refractivity contribution >= 4 is 28.3 Å². The Kier molecular flexibility index (Phi) is 2.55. The van der Waals surface area contributed by atoms with Crippen LogP contribution in [-0.2, 0) is 7.05 Å². The molecule has 16 heavy (non-hydrogen) atoms. The van der Waals surface area contributed by atoms with E-state index in [0.29, 0.717) is 0 Å². The number of aromatic nitrogens is 1. The Hall–Kier alpha value is -1.28. The van der Waals surface area contributed by atoms with Gasteiger partial charge in [0.25, 0.3) is 0 Å². The first-order valence-corrected chi connectivity index (χ1v) is 5.58. The van der Waals surface area contributed by atoms with Gasteiger partial charge in [-0.05, 0) is 31.0 Å². The number of Topliss-reactive ketones (excluding diaryl/α,β-unsaturated/α-hetero) is 1. The van der Waals surface area contributed by atoms with E-state index in [1.807, 2.05) is 37.6 Å². The standard InChI is InChI=1S/C13H14ClNO/c1-7-10-5-6-11(14)8(2)13(10)15(4)12(7)9(3)16/h5-6H,1-4H3. The molecule has 0 spiro atoms. The summed E-state index contributed by atoms with van der Waals surface area (Å²) in [6.45, 7) is 5.55. The monoisotopic (exact) mass is 235 g/mol. The molecule has 0 radical (unpaired) electrons. The minimum Gasteiger partial charge on any atom is -0.341 e. The van der Waals surface area contributed by atoms with Crippen molar-refractivity contribution in [2.75, 3.05) is 0 Å². The molecule has 0 N–H and O–H groups in total. The Balaban J connectivity index is 3.00. The molecule has 0 aliphatic rings. The van der Waals surface area contributed by atoms with E-state index in [2.05, 4.69) is 0 Å². The number of aryl methyl sites for hydroxylation is 3. The van der Waals surface area contributed by atoms with E-state index in [9.17, 15) is 4.79 Å². The molecule has 2 aromatic rings. The Morgan fingerprint density at radius 2 is 1.88 bits per heavy atom. The average molecular weight is 236 g/mol. The normalized spacial score (nSPS) is 11.1. The fraction of sp³-hybridized carbons (Fsp3) is 0.308. The van der Waals surface area contributed by atoms with Crippen molar-refractivity contribution < 1.29 is 4.79 Å². The predicted molar refractivity (Wildman–Crippen MR) is 67.4 cm³/mol. The molecule has 0 fully saturated rings. The van der Waals surface area contributed by atoms with Gasteiger partial charge in [0, 0.05) is 24.4 Å². The molecule has 0 bridgehead atoms. The van der Waals surface area contributed by atoms with Crippen LogP contribution in [-0.4, -0.2) is 10.4 Å². The van der Waals surface area contributed by atoms with Gasteiger partial charge in [0.1, 0.15) is 0 Å². The van der Waals surface area contributed by atoms with E-state index in [4.69, 9.17) is 11.6 Å². The quantitative estimate of drug-likeness (QED) is 0.692. The van der Waals surface area contributed by atoms with Crippen LogP contribution in [0.4, 0.5) is 0 Å². The van der Waals surface area contributed by atoms with Gasteiger partial charge in [0.15, 0.2) is 5.78 Å². The summed E-state index contributed by atoms with van der Waals surface area (Å²) in [7, 11) is 1.91. The first-order valence-electron chi connectivity index (χ1n) is 5.20. The van der Waals surface area contributed by atoms with Crippen molar-refractivity contribution in [3.8, 4) is 0 Å². The molecule has 3 heteroatoms. The molecule has 1 aromatic heterocycles. The van der Waals surface area contributed by atoms with Gasteiger partial charge in [-0.2, -0.15) is 0 Å². The van der Waals surface area contributed by atoms with Gasteiger partial charge in [-0.15, -0.1) is 0 Å². The van der Waals surface area contributed by atoms with Crippen LogP contribution < -0.4 is 0 Å². The lowest BCUT2D eigenvalue weighted by Crippen LogP contribution is -2.03. The highest BCUT2D eigenvalue weighted by atomic mass is 35.5. The van der Waals surface area contributed by atoms with E-state index >= 15 is 0 Å². The Bertz CT molecular complexity index is 596. The summed E-state index contributed by atoms with van der Waals surface area (Å²) in [5.74, 6) is 0.0896. The zero-order chi connectivity index (χ0) is 12.0. The summed E-state index contributed by atoms with van der Waals surface area (Å²) in [4.78, 5) is 11.6. The summed E-state index contributed by atoms with van der Waals surface area (Å²) in [6, 6.07) is 3.86. The molecule has 0 atom stereocenters. The van der Waals surface area contributed by atoms with E-state index in [-0.39, 0.29) is 5.78 Å². The maximum atomic E-state index is 11.6. The van der Waals surface area contributed by atoms with Gasteiger partial charge in [0.2, 0.25) is 0 Å². The van der Waals surface area contributed by atoms with E-state index in [1.54, 1.807) is 6.92 Å². The molecule has 84 valence electrons. The van der Waals surface area contributed by atoms with Gasteiger partial charge in [-0.25, -0.2) is 0 Å². The van der Waals surface area contributed by atoms with Crippen molar-refractivity contribution in [2.24, 2.45) is 7.05 Å². The number of fused-ring (bicyclic) bond motifs is 1. The Morgan fingerprint density at radius 1 is 1.25 bits per heavy atom. The zero-order valence-corrected chi connectivity index (χ0v) is 10.6. The van der Waals surface area contributed by atoms with Crippen LogP contribution in [0.1, 0.15) is 28.5 Å². The third kappa shape index (κ3) is 1.37. The summed E-state index contributed by atoms with van der Waals surface area (Å²) in [5, 5.41) is 1.85. The maximum absolute atomic E-state index is 11.6. The van der Waals surface area contributed by atoms with Crippen LogP contribution in [0.15, 0.2) is 12.1 Å². The van der Waals surface area contributed by atoms with Crippen LogP contribution in [0, 0.1) is 13.8 Å². The van der Waals surface area contributed by atoms with Crippen molar-refractivity contribution in [3.63, 3.8) is 0 Å². The second-order valence-corrected chi connectivity index (χ2v) is 4.56. The first kappa shape index (κ1) is 11.2. The van der Waals surface area contributed by atoms with E-state index in [0.717, 1.165) is 32.7 Å². The van der Waals surface area contributed by atoms with Gasteiger partial charge in [0.05, 0.1) is 11.2 Å². The largest absolute Gasteiger partial charge is 0.341 e. The number of carbonyl (C=O) groups excluding carboxylic acids is 1. The predicted octanol–water partition coefficient (Wildman–Crippen LogP) is 3.65. The van der Waals surface area contributed by atoms with Crippen molar-refractivity contribution in [1.29, 1.82) is 0 Å². The number of nitrogens with zero attached hydrogens (tertiary/aromatic N) is 1. The average Bonchev–Trinajstić information content (AvgIpc) is 2.45. The van der Waals surface area contributed by atoms with Crippen LogP contribution in [0.5, 0.6) is 0 Å². The van der Waals surface area contributed by atoms with Crippen molar-refractivity contribution in [3.05, 3.63) is 34.0 Å². The molecular formula is C13H14ClNO. The molecule has 2 nitrogen and oxygen atoms in total. The van der Waals surface area contributed by atoms with E-state index in [1.165, 1.54) is 0 Å². The Morgan fingerprint density at radius 3 is 2.44 bits per heavy atom. The number of ketones is 1. The molecule has 1 heterocycles. The van der Waals surface area contributed by atoms with Gasteiger partial charge >= 0.3 is 0 Å². The molecule has 2 rings (SSSR count). The highest BCUT2D eigenvalue weighted by molar-refractivity contribution is 6.32. The third-order valence-corrected chi connectivity index (χ3v) is 3.54. The molecule has 0 aliphatic carbocycles. The Labute approximate surface area is 99.8 Å². The van der Waals surface area contributed by atoms with Crippen LogP contribution in [0.3, 0.4) is 0 Å². The number of carbonyl (C=O) groups is 1. The lowest BCUT2D eigenvalue weighted by Gasteiger charge is -2.04. The van der Waals surface area contributed by atoms with Crippen LogP contribution >= 0.6 is 11.6 Å². The van der Waals surface area contributed by atoms with E-state index < -0.39 is 0 Å². The fourth-order valence-electron chi connectivity index (χ4n) is 2.40. The lowest BCUT2D eigenvalue weighted by molar-refractivity contribution is 0.101. The summed E-state index contributed by atoms with van der Waals surface area (Å²) < 4.78 is 1.94. The minimum absolute atomic E-state index is 0.0896. The van der Waals surface area contributed by atoms with Crippen LogP contribution in [0.25, 0.3) is 10.9 Å². The molecule has 0 amide bonds. The second kappa shape index (κ2) is 3.63.